The van der Waals surface area contributed by atoms with Crippen LogP contribution in [0.15, 0.2) is 18.2 Å². The highest BCUT2D eigenvalue weighted by atomic mass is 32.1. The molecule has 0 fully saturated rings. The molecule has 0 bridgehead atoms. The van der Waals surface area contributed by atoms with Crippen molar-refractivity contribution < 1.29 is 4.74 Å². The molecule has 5 heteroatoms. The summed E-state index contributed by atoms with van der Waals surface area (Å²) in [6.07, 6.45) is 0. The monoisotopic (exact) mass is 239 g/mol. The van der Waals surface area contributed by atoms with Gasteiger partial charge in [0.25, 0.3) is 0 Å². The molecule has 1 heterocycles. The molecule has 1 unspecified atom stereocenters. The number of aromatic nitrogens is 1. The number of hydrogen-bond acceptors (Lipinski definition) is 4. The van der Waals surface area contributed by atoms with Gasteiger partial charge in [-0.05, 0) is 19.1 Å². The molecule has 1 rings (SSSR count). The summed E-state index contributed by atoms with van der Waals surface area (Å²) < 4.78 is 5.10. The van der Waals surface area contributed by atoms with Gasteiger partial charge < -0.3 is 15.4 Å². The number of thiocarbonyl (C=S) groups is 1. The van der Waals surface area contributed by atoms with Gasteiger partial charge in [-0.25, -0.2) is 4.98 Å². The lowest BCUT2D eigenvalue weighted by Gasteiger charge is -2.25. The van der Waals surface area contributed by atoms with E-state index in [9.17, 15) is 0 Å². The molecule has 0 spiro atoms. The molecular weight excluding hydrogens is 222 g/mol. The first kappa shape index (κ1) is 12.9. The third kappa shape index (κ3) is 3.15. The van der Waals surface area contributed by atoms with Crippen molar-refractivity contribution in [2.75, 3.05) is 25.7 Å². The number of nitrogens with two attached hydrogens (primary N) is 1. The van der Waals surface area contributed by atoms with Gasteiger partial charge in [-0.2, -0.15) is 0 Å². The Kier molecular flexibility index (Phi) is 4.64. The number of nitrogens with zero attached hydrogens (tertiary/aromatic N) is 2. The number of rotatable bonds is 5. The predicted molar refractivity (Wildman–Crippen MR) is 69.9 cm³/mol. The molecule has 0 aliphatic rings. The molecular formula is C11H17N3OS. The summed E-state index contributed by atoms with van der Waals surface area (Å²) in [5.74, 6) is 0.842. The van der Waals surface area contributed by atoms with Crippen LogP contribution in [0.2, 0.25) is 0 Å². The lowest BCUT2D eigenvalue weighted by atomic mass is 10.3. The Morgan fingerprint density at radius 3 is 2.88 bits per heavy atom. The Morgan fingerprint density at radius 2 is 2.31 bits per heavy atom. The summed E-state index contributed by atoms with van der Waals surface area (Å²) in [5.41, 5.74) is 6.19. The largest absolute Gasteiger partial charge is 0.388 e. The molecule has 0 aromatic carbocycles. The van der Waals surface area contributed by atoms with Gasteiger partial charge in [-0.3, -0.25) is 0 Å². The smallest absolute Gasteiger partial charge is 0.129 e. The first-order valence-corrected chi connectivity index (χ1v) is 5.45. The van der Waals surface area contributed by atoms with Crippen LogP contribution in [-0.4, -0.2) is 36.8 Å². The van der Waals surface area contributed by atoms with Gasteiger partial charge in [0.2, 0.25) is 0 Å². The molecule has 0 aliphatic heterocycles. The summed E-state index contributed by atoms with van der Waals surface area (Å²) in [6, 6.07) is 5.88. The molecule has 0 saturated carbocycles. The molecule has 1 aromatic rings. The summed E-state index contributed by atoms with van der Waals surface area (Å²) in [7, 11) is 3.65. The third-order valence-corrected chi connectivity index (χ3v) is 2.63. The molecule has 16 heavy (non-hydrogen) atoms. The van der Waals surface area contributed by atoms with Crippen molar-refractivity contribution in [3.8, 4) is 0 Å². The molecule has 4 nitrogen and oxygen atoms in total. The van der Waals surface area contributed by atoms with Crippen LogP contribution < -0.4 is 10.6 Å². The Labute approximate surface area is 101 Å². The van der Waals surface area contributed by atoms with E-state index in [1.165, 1.54) is 0 Å². The van der Waals surface area contributed by atoms with Crippen LogP contribution in [0.25, 0.3) is 0 Å². The first-order chi connectivity index (χ1) is 7.56. The van der Waals surface area contributed by atoms with Crippen molar-refractivity contribution in [3.63, 3.8) is 0 Å². The normalized spacial score (nSPS) is 12.2. The van der Waals surface area contributed by atoms with E-state index in [1.54, 1.807) is 13.2 Å². The van der Waals surface area contributed by atoms with Gasteiger partial charge in [-0.1, -0.05) is 18.3 Å². The SMILES string of the molecule is COCC(C)N(C)c1cccc(C(N)=S)n1. The molecule has 88 valence electrons. The van der Waals surface area contributed by atoms with Crippen molar-refractivity contribution in [1.29, 1.82) is 0 Å². The lowest BCUT2D eigenvalue weighted by molar-refractivity contribution is 0.183. The van der Waals surface area contributed by atoms with E-state index >= 15 is 0 Å². The zero-order valence-corrected chi connectivity index (χ0v) is 10.6. The molecule has 0 aliphatic carbocycles. The van der Waals surface area contributed by atoms with Crippen molar-refractivity contribution in [1.82, 2.24) is 4.98 Å². The lowest BCUT2D eigenvalue weighted by Crippen LogP contribution is -2.33. The summed E-state index contributed by atoms with van der Waals surface area (Å²) in [5, 5.41) is 0. The molecule has 0 saturated heterocycles. The van der Waals surface area contributed by atoms with Crippen molar-refractivity contribution in [3.05, 3.63) is 23.9 Å². The maximum Gasteiger partial charge on any atom is 0.129 e. The van der Waals surface area contributed by atoms with Crippen LogP contribution >= 0.6 is 12.2 Å². The second-order valence-electron chi connectivity index (χ2n) is 3.66. The molecule has 0 radical (unpaired) electrons. The number of methoxy groups -OCH3 is 1. The second kappa shape index (κ2) is 5.77. The number of anilines is 1. The number of pyridine rings is 1. The summed E-state index contributed by atoms with van der Waals surface area (Å²) in [4.78, 5) is 6.73. The fourth-order valence-electron chi connectivity index (χ4n) is 1.34. The van der Waals surface area contributed by atoms with Crippen LogP contribution in [0.1, 0.15) is 12.6 Å². The Hall–Kier alpha value is -1.20. The average molecular weight is 239 g/mol. The zero-order valence-electron chi connectivity index (χ0n) is 9.80. The average Bonchev–Trinajstić information content (AvgIpc) is 2.28. The van der Waals surface area contributed by atoms with Gasteiger partial charge in [0.15, 0.2) is 0 Å². The fraction of sp³-hybridized carbons (Fsp3) is 0.455. The van der Waals surface area contributed by atoms with Crippen molar-refractivity contribution in [2.45, 2.75) is 13.0 Å². The molecule has 2 N–H and O–H groups in total. The Morgan fingerprint density at radius 1 is 1.62 bits per heavy atom. The summed E-state index contributed by atoms with van der Waals surface area (Å²) >= 11 is 4.90. The van der Waals surface area contributed by atoms with E-state index in [2.05, 4.69) is 11.9 Å². The second-order valence-corrected chi connectivity index (χ2v) is 4.10. The van der Waals surface area contributed by atoms with Crippen LogP contribution in [0.5, 0.6) is 0 Å². The predicted octanol–water partition coefficient (Wildman–Crippen LogP) is 1.19. The van der Waals surface area contributed by atoms with Crippen LogP contribution in [0, 0.1) is 0 Å². The van der Waals surface area contributed by atoms with Crippen molar-refractivity contribution >= 4 is 23.0 Å². The summed E-state index contributed by atoms with van der Waals surface area (Å²) in [6.45, 7) is 2.72. The number of likely N-dealkylation sites (N-methyl/N-ethyl adjacent to an activating group) is 1. The highest BCUT2D eigenvalue weighted by molar-refractivity contribution is 7.80. The quantitative estimate of drug-likeness (QED) is 0.782. The maximum atomic E-state index is 5.54. The van der Waals surface area contributed by atoms with E-state index < -0.39 is 0 Å². The highest BCUT2D eigenvalue weighted by Gasteiger charge is 2.11. The molecule has 1 atom stereocenters. The van der Waals surface area contributed by atoms with Gasteiger partial charge in [0, 0.05) is 14.2 Å². The minimum atomic E-state index is 0.249. The van der Waals surface area contributed by atoms with Gasteiger partial charge in [0.05, 0.1) is 18.3 Å². The van der Waals surface area contributed by atoms with E-state index in [4.69, 9.17) is 22.7 Å². The fourth-order valence-corrected chi connectivity index (χ4v) is 1.45. The number of ether oxygens (including phenoxy) is 1. The highest BCUT2D eigenvalue weighted by Crippen LogP contribution is 2.12. The standard InChI is InChI=1S/C11H17N3OS/c1-8(7-15-3)14(2)10-6-4-5-9(13-10)11(12)16/h4-6,8H,7H2,1-3H3,(H2,12,16). The zero-order chi connectivity index (χ0) is 12.1. The minimum Gasteiger partial charge on any atom is -0.388 e. The van der Waals surface area contributed by atoms with Gasteiger partial charge >= 0.3 is 0 Å². The Balaban J connectivity index is 2.86. The van der Waals surface area contributed by atoms with E-state index in [0.29, 0.717) is 17.3 Å². The Bertz CT molecular complexity index is 370. The topological polar surface area (TPSA) is 51.4 Å². The minimum absolute atomic E-state index is 0.249. The van der Waals surface area contributed by atoms with Crippen LogP contribution in [0.4, 0.5) is 5.82 Å². The third-order valence-electron chi connectivity index (χ3n) is 2.42. The van der Waals surface area contributed by atoms with E-state index in [-0.39, 0.29) is 6.04 Å². The first-order valence-electron chi connectivity index (χ1n) is 5.05. The molecule has 0 amide bonds. The maximum absolute atomic E-state index is 5.54. The number of hydrogen-bond donors (Lipinski definition) is 1. The van der Waals surface area contributed by atoms with Crippen molar-refractivity contribution in [2.24, 2.45) is 5.73 Å². The van der Waals surface area contributed by atoms with Gasteiger partial charge in [0.1, 0.15) is 10.8 Å². The van der Waals surface area contributed by atoms with E-state index in [0.717, 1.165) is 5.82 Å². The van der Waals surface area contributed by atoms with Crippen LogP contribution in [-0.2, 0) is 4.74 Å². The van der Waals surface area contributed by atoms with E-state index in [1.807, 2.05) is 24.1 Å². The van der Waals surface area contributed by atoms with Gasteiger partial charge in [-0.15, -0.1) is 0 Å². The van der Waals surface area contributed by atoms with Crippen LogP contribution in [0.3, 0.4) is 0 Å². The molecule has 1 aromatic heterocycles.